The van der Waals surface area contributed by atoms with Gasteiger partial charge < -0.3 is 19.1 Å². The first-order chi connectivity index (χ1) is 16.0. The lowest BCUT2D eigenvalue weighted by Gasteiger charge is -2.18. The molecule has 0 spiro atoms. The number of aromatic nitrogens is 1. The lowest BCUT2D eigenvalue weighted by atomic mass is 9.98. The molecule has 172 valence electrons. The van der Waals surface area contributed by atoms with Crippen LogP contribution in [0.25, 0.3) is 11.1 Å². The Morgan fingerprint density at radius 1 is 0.939 bits per heavy atom. The summed E-state index contributed by atoms with van der Waals surface area (Å²) >= 11 is 0. The standard InChI is InChI=1S/C27H30N2O4/c1-18-13-22(20-6-8-23(31-2)9-7-20)16-24(28-18)21-11-12-29(17-21)27(30)15-19-5-10-25(32-3)26(14-19)33-4/h5-10,13-14,16,21H,11-12,15,17H2,1-4H3. The zero-order valence-electron chi connectivity index (χ0n) is 19.6. The summed E-state index contributed by atoms with van der Waals surface area (Å²) in [6, 6.07) is 17.9. The van der Waals surface area contributed by atoms with Crippen LogP contribution < -0.4 is 14.2 Å². The van der Waals surface area contributed by atoms with Crippen LogP contribution in [0.1, 0.15) is 29.3 Å². The first-order valence-electron chi connectivity index (χ1n) is 11.1. The van der Waals surface area contributed by atoms with Crippen LogP contribution >= 0.6 is 0 Å². The molecule has 1 fully saturated rings. The van der Waals surface area contributed by atoms with Crippen LogP contribution in [0.2, 0.25) is 0 Å². The van der Waals surface area contributed by atoms with E-state index in [0.717, 1.165) is 46.8 Å². The Morgan fingerprint density at radius 2 is 1.70 bits per heavy atom. The minimum Gasteiger partial charge on any atom is -0.497 e. The quantitative estimate of drug-likeness (QED) is 0.529. The van der Waals surface area contributed by atoms with Crippen molar-refractivity contribution in [1.82, 2.24) is 9.88 Å². The van der Waals surface area contributed by atoms with Crippen molar-refractivity contribution in [3.05, 3.63) is 71.5 Å². The number of amides is 1. The molecular formula is C27H30N2O4. The van der Waals surface area contributed by atoms with Crippen LogP contribution in [0.5, 0.6) is 17.2 Å². The zero-order chi connectivity index (χ0) is 23.4. The van der Waals surface area contributed by atoms with Gasteiger partial charge >= 0.3 is 0 Å². The van der Waals surface area contributed by atoms with E-state index in [4.69, 9.17) is 19.2 Å². The van der Waals surface area contributed by atoms with Crippen molar-refractivity contribution in [2.24, 2.45) is 0 Å². The number of aryl methyl sites for hydroxylation is 1. The minimum atomic E-state index is 0.118. The Bertz CT molecular complexity index is 1130. The molecule has 2 aromatic carbocycles. The fraction of sp³-hybridized carbons (Fsp3) is 0.333. The summed E-state index contributed by atoms with van der Waals surface area (Å²) in [5.74, 6) is 2.48. The molecule has 0 bridgehead atoms. The molecule has 1 unspecified atom stereocenters. The first kappa shape index (κ1) is 22.6. The third kappa shape index (κ3) is 5.11. The predicted molar refractivity (Wildman–Crippen MR) is 128 cm³/mol. The highest BCUT2D eigenvalue weighted by atomic mass is 16.5. The molecule has 1 aromatic heterocycles. The van der Waals surface area contributed by atoms with Gasteiger partial charge in [0.15, 0.2) is 11.5 Å². The number of carbonyl (C=O) groups excluding carboxylic acids is 1. The van der Waals surface area contributed by atoms with Gasteiger partial charge in [-0.25, -0.2) is 0 Å². The molecule has 1 saturated heterocycles. The van der Waals surface area contributed by atoms with Crippen molar-refractivity contribution >= 4 is 5.91 Å². The van der Waals surface area contributed by atoms with Crippen molar-refractivity contribution in [2.75, 3.05) is 34.4 Å². The van der Waals surface area contributed by atoms with Crippen molar-refractivity contribution < 1.29 is 19.0 Å². The second-order valence-electron chi connectivity index (χ2n) is 8.34. The van der Waals surface area contributed by atoms with Gasteiger partial charge in [-0.1, -0.05) is 18.2 Å². The molecule has 0 radical (unpaired) electrons. The molecule has 1 atom stereocenters. The Labute approximate surface area is 195 Å². The molecule has 1 aliphatic heterocycles. The van der Waals surface area contributed by atoms with Gasteiger partial charge in [-0.3, -0.25) is 9.78 Å². The maximum Gasteiger partial charge on any atom is 0.227 e. The number of methoxy groups -OCH3 is 3. The number of ether oxygens (including phenoxy) is 3. The number of carbonyl (C=O) groups is 1. The summed E-state index contributed by atoms with van der Waals surface area (Å²) in [5, 5.41) is 0. The van der Waals surface area contributed by atoms with E-state index >= 15 is 0 Å². The lowest BCUT2D eigenvalue weighted by molar-refractivity contribution is -0.129. The van der Waals surface area contributed by atoms with E-state index in [1.54, 1.807) is 21.3 Å². The highest BCUT2D eigenvalue weighted by Crippen LogP contribution is 2.32. The number of rotatable bonds is 7. The molecule has 0 N–H and O–H groups in total. The van der Waals surface area contributed by atoms with Gasteiger partial charge in [0, 0.05) is 30.4 Å². The highest BCUT2D eigenvalue weighted by molar-refractivity contribution is 5.79. The minimum absolute atomic E-state index is 0.118. The number of pyridine rings is 1. The Morgan fingerprint density at radius 3 is 2.39 bits per heavy atom. The number of nitrogens with zero attached hydrogens (tertiary/aromatic N) is 2. The monoisotopic (exact) mass is 446 g/mol. The summed E-state index contributed by atoms with van der Waals surface area (Å²) < 4.78 is 15.9. The molecule has 1 aliphatic rings. The summed E-state index contributed by atoms with van der Waals surface area (Å²) in [7, 11) is 4.87. The second kappa shape index (κ2) is 9.94. The van der Waals surface area contributed by atoms with Crippen LogP contribution in [0.4, 0.5) is 0 Å². The van der Waals surface area contributed by atoms with Crippen molar-refractivity contribution in [2.45, 2.75) is 25.7 Å². The van der Waals surface area contributed by atoms with Crippen LogP contribution in [0.15, 0.2) is 54.6 Å². The molecule has 6 heteroatoms. The molecule has 4 rings (SSSR count). The third-order valence-electron chi connectivity index (χ3n) is 6.16. The van der Waals surface area contributed by atoms with E-state index in [2.05, 4.69) is 24.3 Å². The fourth-order valence-corrected chi connectivity index (χ4v) is 4.36. The number of hydrogen-bond acceptors (Lipinski definition) is 5. The topological polar surface area (TPSA) is 60.9 Å². The normalized spacial score (nSPS) is 15.4. The Kier molecular flexibility index (Phi) is 6.82. The van der Waals surface area contributed by atoms with Crippen molar-refractivity contribution in [3.8, 4) is 28.4 Å². The second-order valence-corrected chi connectivity index (χ2v) is 8.34. The van der Waals surface area contributed by atoms with Gasteiger partial charge in [-0.15, -0.1) is 0 Å². The van der Waals surface area contributed by atoms with E-state index in [-0.39, 0.29) is 11.8 Å². The van der Waals surface area contributed by atoms with Gasteiger partial charge in [-0.2, -0.15) is 0 Å². The SMILES string of the molecule is COc1ccc(-c2cc(C)nc(C3CCN(C(=O)Cc4ccc(OC)c(OC)c4)C3)c2)cc1. The summed E-state index contributed by atoms with van der Waals surface area (Å²) in [4.78, 5) is 19.7. The number of hydrogen-bond donors (Lipinski definition) is 0. The molecule has 6 nitrogen and oxygen atoms in total. The first-order valence-corrected chi connectivity index (χ1v) is 11.1. The molecule has 1 amide bonds. The molecule has 33 heavy (non-hydrogen) atoms. The van der Waals surface area contributed by atoms with Crippen molar-refractivity contribution in [3.63, 3.8) is 0 Å². The number of benzene rings is 2. The lowest BCUT2D eigenvalue weighted by Crippen LogP contribution is -2.30. The van der Waals surface area contributed by atoms with Crippen LogP contribution in [-0.2, 0) is 11.2 Å². The van der Waals surface area contributed by atoms with Crippen LogP contribution in [0, 0.1) is 6.92 Å². The maximum atomic E-state index is 13.0. The smallest absolute Gasteiger partial charge is 0.227 e. The van der Waals surface area contributed by atoms with Gasteiger partial charge in [0.2, 0.25) is 5.91 Å². The van der Waals surface area contributed by atoms with Crippen LogP contribution in [-0.4, -0.2) is 50.2 Å². The van der Waals surface area contributed by atoms with Gasteiger partial charge in [-0.05, 0) is 66.4 Å². The van der Waals surface area contributed by atoms with Gasteiger partial charge in [0.05, 0.1) is 27.8 Å². The van der Waals surface area contributed by atoms with E-state index in [1.807, 2.05) is 42.2 Å². The van der Waals surface area contributed by atoms with E-state index < -0.39 is 0 Å². The number of likely N-dealkylation sites (tertiary alicyclic amines) is 1. The van der Waals surface area contributed by atoms with E-state index in [9.17, 15) is 4.79 Å². The summed E-state index contributed by atoms with van der Waals surface area (Å²) in [6.45, 7) is 3.44. The predicted octanol–water partition coefficient (Wildman–Crippen LogP) is 4.64. The fourth-order valence-electron chi connectivity index (χ4n) is 4.36. The average Bonchev–Trinajstić information content (AvgIpc) is 3.34. The van der Waals surface area contributed by atoms with Crippen molar-refractivity contribution in [1.29, 1.82) is 0 Å². The van der Waals surface area contributed by atoms with Gasteiger partial charge in [0.25, 0.3) is 0 Å². The average molecular weight is 447 g/mol. The summed E-state index contributed by atoms with van der Waals surface area (Å²) in [5.41, 5.74) is 5.20. The largest absolute Gasteiger partial charge is 0.497 e. The van der Waals surface area contributed by atoms with Gasteiger partial charge in [0.1, 0.15) is 5.75 Å². The van der Waals surface area contributed by atoms with E-state index in [1.165, 1.54) is 0 Å². The molecule has 0 saturated carbocycles. The molecule has 3 aromatic rings. The van der Waals surface area contributed by atoms with Crippen LogP contribution in [0.3, 0.4) is 0 Å². The molecular weight excluding hydrogens is 416 g/mol. The zero-order valence-corrected chi connectivity index (χ0v) is 19.6. The molecule has 0 aliphatic carbocycles. The Hall–Kier alpha value is -3.54. The van der Waals surface area contributed by atoms with E-state index in [0.29, 0.717) is 24.5 Å². The third-order valence-corrected chi connectivity index (χ3v) is 6.16. The highest BCUT2D eigenvalue weighted by Gasteiger charge is 2.28. The summed E-state index contributed by atoms with van der Waals surface area (Å²) in [6.07, 6.45) is 1.25. The Balaban J connectivity index is 1.46. The molecule has 2 heterocycles. The maximum absolute atomic E-state index is 13.0.